The summed E-state index contributed by atoms with van der Waals surface area (Å²) in [5.41, 5.74) is 2.53. The van der Waals surface area contributed by atoms with Gasteiger partial charge in [-0.05, 0) is 43.7 Å². The Balaban J connectivity index is 1.70. The van der Waals surface area contributed by atoms with Gasteiger partial charge in [0, 0.05) is 39.8 Å². The summed E-state index contributed by atoms with van der Waals surface area (Å²) in [5.74, 6) is 0.585. The first-order valence-electron chi connectivity index (χ1n) is 8.78. The van der Waals surface area contributed by atoms with E-state index >= 15 is 0 Å². The summed E-state index contributed by atoms with van der Waals surface area (Å²) >= 11 is 6.06. The summed E-state index contributed by atoms with van der Waals surface area (Å²) in [4.78, 5) is 19.8. The molecule has 0 amide bonds. The number of aromatic amines is 1. The second-order valence-electron chi connectivity index (χ2n) is 6.89. The molecule has 0 saturated carbocycles. The van der Waals surface area contributed by atoms with Crippen LogP contribution in [0.15, 0.2) is 41.3 Å². The highest BCUT2D eigenvalue weighted by molar-refractivity contribution is 7.92. The fourth-order valence-electron chi connectivity index (χ4n) is 3.56. The molecule has 7 nitrogen and oxygen atoms in total. The van der Waals surface area contributed by atoms with Crippen LogP contribution in [0.25, 0.3) is 10.9 Å². The lowest BCUT2D eigenvalue weighted by Gasteiger charge is -2.19. The predicted molar refractivity (Wildman–Crippen MR) is 112 cm³/mol. The Morgan fingerprint density at radius 2 is 2.07 bits per heavy atom. The smallest absolute Gasteiger partial charge is 0.253 e. The van der Waals surface area contributed by atoms with Crippen molar-refractivity contribution in [3.63, 3.8) is 0 Å². The zero-order valence-corrected chi connectivity index (χ0v) is 16.9. The van der Waals surface area contributed by atoms with Crippen LogP contribution in [0.1, 0.15) is 24.1 Å². The molecule has 1 unspecified atom stereocenters. The molecule has 9 heteroatoms. The standard InChI is InChI=1S/C19H19ClN4O3S/c1-11(15-10-12-9-13(20)3-4-16(12)23-19(15)25)22-18-14-6-8-24(28(2,26)27)17(14)5-7-21-18/h3-5,7,9-11H,6,8H2,1-2H3,(H,21,22)(H,23,25). The van der Waals surface area contributed by atoms with Crippen molar-refractivity contribution in [3.8, 4) is 0 Å². The predicted octanol–water partition coefficient (Wildman–Crippen LogP) is 3.07. The first-order valence-corrected chi connectivity index (χ1v) is 11.0. The van der Waals surface area contributed by atoms with Crippen molar-refractivity contribution < 1.29 is 8.42 Å². The molecule has 4 rings (SSSR count). The highest BCUT2D eigenvalue weighted by Gasteiger charge is 2.29. The molecule has 2 N–H and O–H groups in total. The van der Waals surface area contributed by atoms with Crippen LogP contribution < -0.4 is 15.2 Å². The van der Waals surface area contributed by atoms with Gasteiger partial charge in [-0.1, -0.05) is 11.6 Å². The molecule has 3 aromatic rings. The number of nitrogens with zero attached hydrogens (tertiary/aromatic N) is 2. The Morgan fingerprint density at radius 1 is 1.29 bits per heavy atom. The number of anilines is 2. The maximum Gasteiger partial charge on any atom is 0.253 e. The molecular weight excluding hydrogens is 400 g/mol. The van der Waals surface area contributed by atoms with E-state index in [-0.39, 0.29) is 11.6 Å². The van der Waals surface area contributed by atoms with Crippen LogP contribution in [0.3, 0.4) is 0 Å². The molecule has 0 fully saturated rings. The van der Waals surface area contributed by atoms with E-state index in [2.05, 4.69) is 15.3 Å². The molecule has 3 heterocycles. The van der Waals surface area contributed by atoms with E-state index in [1.807, 2.05) is 13.0 Å². The number of pyridine rings is 2. The van der Waals surface area contributed by atoms with Gasteiger partial charge in [0.1, 0.15) is 5.82 Å². The van der Waals surface area contributed by atoms with Gasteiger partial charge in [-0.3, -0.25) is 9.10 Å². The van der Waals surface area contributed by atoms with Gasteiger partial charge in [-0.25, -0.2) is 13.4 Å². The van der Waals surface area contributed by atoms with Crippen molar-refractivity contribution in [1.29, 1.82) is 0 Å². The number of sulfonamides is 1. The zero-order valence-electron chi connectivity index (χ0n) is 15.4. The van der Waals surface area contributed by atoms with Crippen LogP contribution >= 0.6 is 11.6 Å². The van der Waals surface area contributed by atoms with Crippen LogP contribution in [0, 0.1) is 0 Å². The van der Waals surface area contributed by atoms with E-state index in [0.29, 0.717) is 40.6 Å². The lowest BCUT2D eigenvalue weighted by atomic mass is 10.1. The third kappa shape index (κ3) is 3.33. The SMILES string of the molecule is CC(Nc1nccc2c1CCN2S(C)(=O)=O)c1cc2cc(Cl)ccc2[nH]c1=O. The minimum atomic E-state index is -3.34. The molecule has 28 heavy (non-hydrogen) atoms. The number of nitrogens with one attached hydrogen (secondary N) is 2. The number of halogens is 1. The quantitative estimate of drug-likeness (QED) is 0.678. The monoisotopic (exact) mass is 418 g/mol. The highest BCUT2D eigenvalue weighted by atomic mass is 35.5. The van der Waals surface area contributed by atoms with Crippen LogP contribution in [-0.4, -0.2) is 31.2 Å². The lowest BCUT2D eigenvalue weighted by molar-refractivity contribution is 0.598. The van der Waals surface area contributed by atoms with Gasteiger partial charge < -0.3 is 10.3 Å². The second-order valence-corrected chi connectivity index (χ2v) is 9.24. The van der Waals surface area contributed by atoms with Gasteiger partial charge in [-0.15, -0.1) is 0 Å². The van der Waals surface area contributed by atoms with Gasteiger partial charge in [0.05, 0.1) is 18.0 Å². The molecule has 1 aliphatic heterocycles. The molecule has 0 radical (unpaired) electrons. The number of hydrogen-bond donors (Lipinski definition) is 2. The lowest BCUT2D eigenvalue weighted by Crippen LogP contribution is -2.27. The minimum absolute atomic E-state index is 0.194. The van der Waals surface area contributed by atoms with Gasteiger partial charge in [0.15, 0.2) is 0 Å². The van der Waals surface area contributed by atoms with Crippen LogP contribution in [0.4, 0.5) is 11.5 Å². The summed E-state index contributed by atoms with van der Waals surface area (Å²) in [7, 11) is -3.34. The van der Waals surface area contributed by atoms with Gasteiger partial charge in [-0.2, -0.15) is 0 Å². The molecule has 0 bridgehead atoms. The molecule has 1 aliphatic rings. The first-order chi connectivity index (χ1) is 13.2. The minimum Gasteiger partial charge on any atom is -0.363 e. The largest absolute Gasteiger partial charge is 0.363 e. The van der Waals surface area contributed by atoms with Crippen molar-refractivity contribution in [2.75, 3.05) is 22.4 Å². The van der Waals surface area contributed by atoms with E-state index in [9.17, 15) is 13.2 Å². The molecule has 2 aromatic heterocycles. The third-order valence-electron chi connectivity index (χ3n) is 4.92. The highest BCUT2D eigenvalue weighted by Crippen LogP contribution is 2.35. The van der Waals surface area contributed by atoms with Crippen molar-refractivity contribution in [2.45, 2.75) is 19.4 Å². The maximum absolute atomic E-state index is 12.5. The Hall–Kier alpha value is -2.58. The van der Waals surface area contributed by atoms with Crippen molar-refractivity contribution in [2.24, 2.45) is 0 Å². The summed E-state index contributed by atoms with van der Waals surface area (Å²) < 4.78 is 25.3. The summed E-state index contributed by atoms with van der Waals surface area (Å²) in [6.07, 6.45) is 3.33. The van der Waals surface area contributed by atoms with Gasteiger partial charge >= 0.3 is 0 Å². The van der Waals surface area contributed by atoms with Crippen molar-refractivity contribution >= 4 is 44.0 Å². The Bertz CT molecular complexity index is 1240. The molecular formula is C19H19ClN4O3S. The number of benzene rings is 1. The molecule has 0 saturated heterocycles. The number of H-pyrrole nitrogens is 1. The molecule has 0 spiro atoms. The van der Waals surface area contributed by atoms with Crippen molar-refractivity contribution in [3.05, 3.63) is 63.0 Å². The van der Waals surface area contributed by atoms with E-state index in [1.165, 1.54) is 10.6 Å². The van der Waals surface area contributed by atoms with Crippen LogP contribution in [-0.2, 0) is 16.4 Å². The normalized spacial score (nSPS) is 14.9. The van der Waals surface area contributed by atoms with E-state index < -0.39 is 10.0 Å². The number of hydrogen-bond acceptors (Lipinski definition) is 5. The fourth-order valence-corrected chi connectivity index (χ4v) is 4.70. The van der Waals surface area contributed by atoms with Crippen LogP contribution in [0.2, 0.25) is 5.02 Å². The average Bonchev–Trinajstić information content (AvgIpc) is 3.07. The summed E-state index contributed by atoms with van der Waals surface area (Å²) in [6.45, 7) is 2.25. The van der Waals surface area contributed by atoms with Gasteiger partial charge in [0.2, 0.25) is 10.0 Å². The molecule has 146 valence electrons. The Labute approximate surface area is 167 Å². The Kier molecular flexibility index (Phi) is 4.55. The fraction of sp³-hybridized carbons (Fsp3) is 0.263. The molecule has 0 aliphatic carbocycles. The van der Waals surface area contributed by atoms with Crippen molar-refractivity contribution in [1.82, 2.24) is 9.97 Å². The molecule has 1 aromatic carbocycles. The number of rotatable bonds is 4. The Morgan fingerprint density at radius 3 is 2.82 bits per heavy atom. The zero-order chi connectivity index (χ0) is 20.1. The second kappa shape index (κ2) is 6.79. The molecule has 1 atom stereocenters. The number of fused-ring (bicyclic) bond motifs is 2. The van der Waals surface area contributed by atoms with Crippen LogP contribution in [0.5, 0.6) is 0 Å². The first kappa shape index (κ1) is 18.8. The van der Waals surface area contributed by atoms with E-state index in [0.717, 1.165) is 10.9 Å². The van der Waals surface area contributed by atoms with E-state index in [4.69, 9.17) is 11.6 Å². The maximum atomic E-state index is 12.5. The number of aromatic nitrogens is 2. The third-order valence-corrected chi connectivity index (χ3v) is 6.33. The van der Waals surface area contributed by atoms with Gasteiger partial charge in [0.25, 0.3) is 5.56 Å². The topological polar surface area (TPSA) is 95.2 Å². The average molecular weight is 419 g/mol. The summed E-state index contributed by atoms with van der Waals surface area (Å²) in [6, 6.07) is 8.47. The van der Waals surface area contributed by atoms with E-state index in [1.54, 1.807) is 30.5 Å². The summed E-state index contributed by atoms with van der Waals surface area (Å²) in [5, 5.41) is 4.70.